The van der Waals surface area contributed by atoms with Crippen LogP contribution in [0, 0.1) is 0 Å². The first-order valence-corrected chi connectivity index (χ1v) is 10.8. The highest BCUT2D eigenvalue weighted by Crippen LogP contribution is 2.36. The second-order valence-electron chi connectivity index (χ2n) is 6.98. The summed E-state index contributed by atoms with van der Waals surface area (Å²) in [5.74, 6) is 2.10. The number of fused-ring (bicyclic) bond motifs is 1. The van der Waals surface area contributed by atoms with Gasteiger partial charge in [-0.25, -0.2) is 4.98 Å². The van der Waals surface area contributed by atoms with E-state index in [0.29, 0.717) is 50.2 Å². The first-order chi connectivity index (χ1) is 14.2. The minimum absolute atomic E-state index is 0.124. The Hall–Kier alpha value is -2.64. The zero-order valence-electron chi connectivity index (χ0n) is 15.4. The number of rotatable bonds is 5. The van der Waals surface area contributed by atoms with Crippen molar-refractivity contribution in [3.63, 3.8) is 0 Å². The Morgan fingerprint density at radius 3 is 2.66 bits per heavy atom. The van der Waals surface area contributed by atoms with Crippen LogP contribution in [0.5, 0.6) is 0 Å². The van der Waals surface area contributed by atoms with Crippen LogP contribution in [0.3, 0.4) is 0 Å². The molecule has 6 nitrogen and oxygen atoms in total. The highest BCUT2D eigenvalue weighted by molar-refractivity contribution is 7.98. The molecule has 0 amide bonds. The van der Waals surface area contributed by atoms with E-state index in [1.807, 2.05) is 30.3 Å². The van der Waals surface area contributed by atoms with Gasteiger partial charge in [0.2, 0.25) is 11.8 Å². The van der Waals surface area contributed by atoms with Crippen molar-refractivity contribution in [2.24, 2.45) is 0 Å². The van der Waals surface area contributed by atoms with Crippen molar-refractivity contribution in [2.45, 2.75) is 36.1 Å². The van der Waals surface area contributed by atoms with Crippen molar-refractivity contribution in [1.29, 1.82) is 0 Å². The molecule has 0 bridgehead atoms. The predicted molar refractivity (Wildman–Crippen MR) is 113 cm³/mol. The van der Waals surface area contributed by atoms with E-state index in [-0.39, 0.29) is 5.56 Å². The van der Waals surface area contributed by atoms with Gasteiger partial charge >= 0.3 is 0 Å². The number of nitrogens with zero attached hydrogens (tertiary/aromatic N) is 4. The third-order valence-corrected chi connectivity index (χ3v) is 6.27. The lowest BCUT2D eigenvalue weighted by Crippen LogP contribution is -2.21. The summed E-state index contributed by atoms with van der Waals surface area (Å²) in [5, 5.41) is 10.1. The third-order valence-electron chi connectivity index (χ3n) is 5.09. The van der Waals surface area contributed by atoms with E-state index in [1.54, 1.807) is 22.8 Å². The van der Waals surface area contributed by atoms with Crippen LogP contribution in [-0.2, 0) is 5.75 Å². The first-order valence-electron chi connectivity index (χ1n) is 9.42. The molecule has 0 N–H and O–H groups in total. The Bertz CT molecular complexity index is 1230. The minimum Gasteiger partial charge on any atom is -0.424 e. The minimum atomic E-state index is -0.124. The van der Waals surface area contributed by atoms with Gasteiger partial charge in [-0.2, -0.15) is 0 Å². The van der Waals surface area contributed by atoms with Crippen LogP contribution in [0.2, 0.25) is 5.02 Å². The fraction of sp³-hybridized carbons (Fsp3) is 0.238. The zero-order valence-corrected chi connectivity index (χ0v) is 17.0. The lowest BCUT2D eigenvalue weighted by Gasteiger charge is -2.20. The van der Waals surface area contributed by atoms with E-state index < -0.39 is 0 Å². The van der Waals surface area contributed by atoms with Crippen molar-refractivity contribution in [1.82, 2.24) is 19.7 Å². The van der Waals surface area contributed by atoms with Crippen LogP contribution >= 0.6 is 23.4 Å². The van der Waals surface area contributed by atoms with Gasteiger partial charge in [-0.15, -0.1) is 10.2 Å². The second-order valence-corrected chi connectivity index (χ2v) is 8.36. The molecule has 0 radical (unpaired) electrons. The number of para-hydroxylation sites is 1. The monoisotopic (exact) mass is 424 g/mol. The number of benzene rings is 2. The average molecular weight is 425 g/mol. The summed E-state index contributed by atoms with van der Waals surface area (Å²) in [6.45, 7) is 0. The molecule has 0 saturated heterocycles. The van der Waals surface area contributed by atoms with E-state index >= 15 is 0 Å². The van der Waals surface area contributed by atoms with Gasteiger partial charge in [0.05, 0.1) is 22.3 Å². The SMILES string of the molecule is O=c1c2ccccc2nc(SCc2nnc(C3CCC3)o2)n1-c1ccc(Cl)cc1. The molecule has 0 unspecified atom stereocenters. The molecule has 2 aromatic heterocycles. The van der Waals surface area contributed by atoms with Gasteiger partial charge in [-0.05, 0) is 49.2 Å². The normalized spacial score (nSPS) is 14.2. The van der Waals surface area contributed by atoms with Crippen molar-refractivity contribution in [3.05, 3.63) is 75.7 Å². The van der Waals surface area contributed by atoms with E-state index in [4.69, 9.17) is 21.0 Å². The maximum atomic E-state index is 13.2. The molecule has 0 aliphatic heterocycles. The molecule has 4 aromatic rings. The molecular weight excluding hydrogens is 408 g/mol. The number of thioether (sulfide) groups is 1. The van der Waals surface area contributed by atoms with Crippen LogP contribution in [0.4, 0.5) is 0 Å². The summed E-state index contributed by atoms with van der Waals surface area (Å²) < 4.78 is 7.42. The van der Waals surface area contributed by atoms with Gasteiger partial charge in [-0.3, -0.25) is 9.36 Å². The van der Waals surface area contributed by atoms with E-state index in [2.05, 4.69) is 10.2 Å². The summed E-state index contributed by atoms with van der Waals surface area (Å²) in [5.41, 5.74) is 1.24. The smallest absolute Gasteiger partial charge is 0.266 e. The first kappa shape index (κ1) is 18.4. The van der Waals surface area contributed by atoms with Crippen molar-refractivity contribution in [2.75, 3.05) is 0 Å². The highest BCUT2D eigenvalue weighted by atomic mass is 35.5. The van der Waals surface area contributed by atoms with E-state index in [0.717, 1.165) is 12.8 Å². The summed E-state index contributed by atoms with van der Waals surface area (Å²) in [6.07, 6.45) is 3.43. The largest absolute Gasteiger partial charge is 0.424 e. The molecule has 0 spiro atoms. The van der Waals surface area contributed by atoms with Crippen LogP contribution in [0.15, 0.2) is 62.9 Å². The number of hydrogen-bond donors (Lipinski definition) is 0. The highest BCUT2D eigenvalue weighted by Gasteiger charge is 2.25. The van der Waals surface area contributed by atoms with Gasteiger partial charge in [0.15, 0.2) is 5.16 Å². The van der Waals surface area contributed by atoms with Gasteiger partial charge < -0.3 is 4.42 Å². The molecule has 2 heterocycles. The van der Waals surface area contributed by atoms with E-state index in [1.165, 1.54) is 18.2 Å². The van der Waals surface area contributed by atoms with Gasteiger partial charge in [0.25, 0.3) is 5.56 Å². The van der Waals surface area contributed by atoms with Gasteiger partial charge in [-0.1, -0.05) is 41.9 Å². The summed E-state index contributed by atoms with van der Waals surface area (Å²) in [4.78, 5) is 17.9. The third kappa shape index (κ3) is 3.56. The molecule has 1 fully saturated rings. The molecule has 1 saturated carbocycles. The quantitative estimate of drug-likeness (QED) is 0.332. The van der Waals surface area contributed by atoms with Crippen LogP contribution < -0.4 is 5.56 Å². The molecule has 146 valence electrons. The molecular formula is C21H17ClN4O2S. The molecule has 0 atom stereocenters. The summed E-state index contributed by atoms with van der Waals surface area (Å²) in [7, 11) is 0. The van der Waals surface area contributed by atoms with Gasteiger partial charge in [0.1, 0.15) is 0 Å². The summed E-state index contributed by atoms with van der Waals surface area (Å²) in [6, 6.07) is 14.5. The standard InChI is InChI=1S/C21H17ClN4O2S/c22-14-8-10-15(11-9-14)26-20(27)16-6-1-2-7-17(16)23-21(26)29-12-18-24-25-19(28-18)13-4-3-5-13/h1-2,6-11,13H,3-5,12H2. The fourth-order valence-electron chi connectivity index (χ4n) is 3.30. The average Bonchev–Trinajstić information content (AvgIpc) is 3.14. The maximum absolute atomic E-state index is 13.2. The molecule has 1 aliphatic carbocycles. The molecule has 8 heteroatoms. The number of aromatic nitrogens is 4. The molecule has 29 heavy (non-hydrogen) atoms. The Kier molecular flexibility index (Phi) is 4.85. The fourth-order valence-corrected chi connectivity index (χ4v) is 4.27. The van der Waals surface area contributed by atoms with Crippen LogP contribution in [0.1, 0.15) is 37.0 Å². The Balaban J connectivity index is 1.52. The Morgan fingerprint density at radius 1 is 1.10 bits per heavy atom. The zero-order chi connectivity index (χ0) is 19.8. The number of halogens is 1. The lowest BCUT2D eigenvalue weighted by atomic mass is 9.85. The maximum Gasteiger partial charge on any atom is 0.266 e. The lowest BCUT2D eigenvalue weighted by molar-refractivity contribution is 0.328. The second kappa shape index (κ2) is 7.65. The summed E-state index contributed by atoms with van der Waals surface area (Å²) >= 11 is 7.43. The Labute approximate surface area is 175 Å². The Morgan fingerprint density at radius 2 is 1.90 bits per heavy atom. The molecule has 2 aromatic carbocycles. The van der Waals surface area contributed by atoms with Crippen molar-refractivity contribution in [3.8, 4) is 5.69 Å². The topological polar surface area (TPSA) is 73.8 Å². The molecule has 5 rings (SSSR count). The number of hydrogen-bond acceptors (Lipinski definition) is 6. The van der Waals surface area contributed by atoms with Gasteiger partial charge in [0, 0.05) is 10.9 Å². The molecule has 1 aliphatic rings. The predicted octanol–water partition coefficient (Wildman–Crippen LogP) is 4.98. The van der Waals surface area contributed by atoms with Crippen molar-refractivity contribution < 1.29 is 4.42 Å². The van der Waals surface area contributed by atoms with Crippen LogP contribution in [-0.4, -0.2) is 19.7 Å². The van der Waals surface area contributed by atoms with Crippen LogP contribution in [0.25, 0.3) is 16.6 Å². The van der Waals surface area contributed by atoms with E-state index in [9.17, 15) is 4.79 Å². The van der Waals surface area contributed by atoms with Crippen molar-refractivity contribution >= 4 is 34.3 Å².